The van der Waals surface area contributed by atoms with Gasteiger partial charge in [-0.15, -0.1) is 0 Å². The number of carbonyl (C=O) groups is 1. The quantitative estimate of drug-likeness (QED) is 0.135. The molecule has 2 atom stereocenters. The Kier molecular flexibility index (Phi) is 11.9. The van der Waals surface area contributed by atoms with Gasteiger partial charge in [0.05, 0.1) is 18.6 Å². The smallest absolute Gasteiger partial charge is 0.309 e. The molecule has 3 N–H and O–H groups in total. The lowest BCUT2D eigenvalue weighted by molar-refractivity contribution is -0.156. The summed E-state index contributed by atoms with van der Waals surface area (Å²) in [7, 11) is 0. The maximum absolute atomic E-state index is 12.7. The molecule has 0 bridgehead atoms. The minimum atomic E-state index is -0.700. The fraction of sp³-hybridized carbons (Fsp3) is 0.571. The van der Waals surface area contributed by atoms with Gasteiger partial charge in [-0.25, -0.2) is 0 Å². The number of rotatable bonds is 16. The molecule has 1 heterocycles. The Bertz CT molecular complexity index is 1220. The van der Waals surface area contributed by atoms with Crippen LogP contribution >= 0.6 is 0 Å². The van der Waals surface area contributed by atoms with E-state index in [1.807, 2.05) is 52.8 Å². The molecular formula is C35H51NO5. The zero-order chi connectivity index (χ0) is 30.0. The van der Waals surface area contributed by atoms with Crippen LogP contribution in [0.15, 0.2) is 52.9 Å². The third-order valence-corrected chi connectivity index (χ3v) is 7.48. The van der Waals surface area contributed by atoms with Crippen LogP contribution in [0.1, 0.15) is 92.1 Å². The van der Waals surface area contributed by atoms with Crippen LogP contribution in [0.2, 0.25) is 0 Å². The molecule has 2 unspecified atom stereocenters. The van der Waals surface area contributed by atoms with E-state index in [4.69, 9.17) is 19.6 Å². The van der Waals surface area contributed by atoms with Crippen LogP contribution in [0.3, 0.4) is 0 Å². The molecule has 2 aromatic carbocycles. The van der Waals surface area contributed by atoms with Crippen LogP contribution < -0.4 is 10.5 Å². The zero-order valence-corrected chi connectivity index (χ0v) is 26.0. The number of ether oxygens (including phenoxy) is 2. The van der Waals surface area contributed by atoms with E-state index >= 15 is 0 Å². The number of hydrogen-bond donors (Lipinski definition) is 2. The predicted molar refractivity (Wildman–Crippen MR) is 167 cm³/mol. The maximum Gasteiger partial charge on any atom is 0.309 e. The zero-order valence-electron chi connectivity index (χ0n) is 26.0. The van der Waals surface area contributed by atoms with Gasteiger partial charge in [-0.2, -0.15) is 0 Å². The number of nitrogens with two attached hydrogens (primary N) is 1. The fourth-order valence-corrected chi connectivity index (χ4v) is 4.96. The second kappa shape index (κ2) is 14.9. The molecule has 226 valence electrons. The highest BCUT2D eigenvalue weighted by molar-refractivity contribution is 5.84. The average Bonchev–Trinajstić information content (AvgIpc) is 3.33. The Morgan fingerprint density at radius 1 is 0.976 bits per heavy atom. The first kappa shape index (κ1) is 32.7. The fourth-order valence-electron chi connectivity index (χ4n) is 4.96. The van der Waals surface area contributed by atoms with Crippen molar-refractivity contribution in [1.29, 1.82) is 0 Å². The number of carbonyl (C=O) groups excluding carboxylic acids is 1. The molecule has 0 aliphatic heterocycles. The second-order valence-electron chi connectivity index (χ2n) is 13.2. The monoisotopic (exact) mass is 565 g/mol. The van der Waals surface area contributed by atoms with Crippen molar-refractivity contribution in [2.75, 3.05) is 13.2 Å². The first-order chi connectivity index (χ1) is 19.4. The second-order valence-corrected chi connectivity index (χ2v) is 13.2. The Morgan fingerprint density at radius 3 is 2.37 bits per heavy atom. The van der Waals surface area contributed by atoms with E-state index in [2.05, 4.69) is 37.3 Å². The topological polar surface area (TPSA) is 94.9 Å². The molecule has 0 aliphatic carbocycles. The van der Waals surface area contributed by atoms with E-state index < -0.39 is 11.6 Å². The minimum absolute atomic E-state index is 0.00362. The Hall–Kier alpha value is -2.83. The lowest BCUT2D eigenvalue weighted by Gasteiger charge is -2.33. The summed E-state index contributed by atoms with van der Waals surface area (Å²) in [6.45, 7) is 12.6. The van der Waals surface area contributed by atoms with E-state index in [0.717, 1.165) is 47.3 Å². The van der Waals surface area contributed by atoms with Crippen LogP contribution in [0, 0.1) is 11.3 Å². The van der Waals surface area contributed by atoms with Gasteiger partial charge < -0.3 is 24.7 Å². The molecule has 0 spiro atoms. The molecule has 0 fully saturated rings. The molecule has 0 amide bonds. The van der Waals surface area contributed by atoms with Gasteiger partial charge in [0.1, 0.15) is 23.7 Å². The summed E-state index contributed by atoms with van der Waals surface area (Å²) in [5.41, 5.74) is 8.66. The molecule has 6 heteroatoms. The number of unbranched alkanes of at least 4 members (excludes halogenated alkanes) is 3. The summed E-state index contributed by atoms with van der Waals surface area (Å²) in [5, 5.41) is 11.4. The predicted octanol–water partition coefficient (Wildman–Crippen LogP) is 8.08. The summed E-state index contributed by atoms with van der Waals surface area (Å²) in [6.07, 6.45) is 6.76. The summed E-state index contributed by atoms with van der Waals surface area (Å²) in [4.78, 5) is 12.7. The lowest BCUT2D eigenvalue weighted by atomic mass is 9.74. The number of aliphatic hydroxyl groups is 1. The first-order valence-corrected chi connectivity index (χ1v) is 15.2. The highest BCUT2D eigenvalue weighted by Gasteiger charge is 2.36. The Morgan fingerprint density at radius 2 is 1.71 bits per heavy atom. The summed E-state index contributed by atoms with van der Waals surface area (Å²) < 4.78 is 17.6. The number of hydrogen-bond acceptors (Lipinski definition) is 6. The van der Waals surface area contributed by atoms with Crippen molar-refractivity contribution >= 4 is 16.9 Å². The van der Waals surface area contributed by atoms with Gasteiger partial charge in [0.15, 0.2) is 0 Å². The third kappa shape index (κ3) is 10.8. The van der Waals surface area contributed by atoms with Crippen molar-refractivity contribution < 1.29 is 23.8 Å². The first-order valence-electron chi connectivity index (χ1n) is 15.2. The molecular weight excluding hydrogens is 514 g/mol. The summed E-state index contributed by atoms with van der Waals surface area (Å²) >= 11 is 0. The van der Waals surface area contributed by atoms with Crippen molar-refractivity contribution in [2.24, 2.45) is 17.1 Å². The maximum atomic E-state index is 12.7. The van der Waals surface area contributed by atoms with Gasteiger partial charge >= 0.3 is 5.97 Å². The number of aliphatic hydroxyl groups excluding tert-OH is 1. The molecule has 3 aromatic rings. The Balaban J connectivity index is 1.41. The number of esters is 1. The molecule has 6 nitrogen and oxygen atoms in total. The number of furan rings is 1. The van der Waals surface area contributed by atoms with Crippen molar-refractivity contribution in [1.82, 2.24) is 0 Å². The van der Waals surface area contributed by atoms with Crippen molar-refractivity contribution in [3.8, 4) is 17.1 Å². The van der Waals surface area contributed by atoms with Gasteiger partial charge in [-0.1, -0.05) is 64.8 Å². The molecule has 1 aromatic heterocycles. The normalized spacial score (nSPS) is 13.8. The van der Waals surface area contributed by atoms with Crippen LogP contribution in [-0.2, 0) is 16.0 Å². The van der Waals surface area contributed by atoms with E-state index in [-0.39, 0.29) is 23.9 Å². The van der Waals surface area contributed by atoms with E-state index in [1.165, 1.54) is 24.8 Å². The highest BCUT2D eigenvalue weighted by Crippen LogP contribution is 2.33. The highest BCUT2D eigenvalue weighted by atomic mass is 16.5. The van der Waals surface area contributed by atoms with E-state index in [9.17, 15) is 9.90 Å². The van der Waals surface area contributed by atoms with Crippen LogP contribution in [0.5, 0.6) is 5.75 Å². The molecule has 0 aliphatic rings. The summed E-state index contributed by atoms with van der Waals surface area (Å²) in [6, 6.07) is 16.6. The van der Waals surface area contributed by atoms with Crippen LogP contribution in [-0.4, -0.2) is 35.9 Å². The van der Waals surface area contributed by atoms with Crippen LogP contribution in [0.25, 0.3) is 22.3 Å². The van der Waals surface area contributed by atoms with Gasteiger partial charge in [0, 0.05) is 22.6 Å². The molecule has 3 rings (SSSR count). The van der Waals surface area contributed by atoms with Crippen molar-refractivity contribution in [3.05, 3.63) is 54.1 Å². The molecule has 41 heavy (non-hydrogen) atoms. The van der Waals surface area contributed by atoms with Gasteiger partial charge in [-0.05, 0) is 81.5 Å². The number of aryl methyl sites for hydroxylation is 1. The van der Waals surface area contributed by atoms with Gasteiger partial charge in [0.2, 0.25) is 0 Å². The summed E-state index contributed by atoms with van der Waals surface area (Å²) in [5.74, 6) is 0.989. The lowest BCUT2D eigenvalue weighted by Crippen LogP contribution is -2.42. The average molecular weight is 566 g/mol. The van der Waals surface area contributed by atoms with Crippen molar-refractivity contribution in [2.45, 2.75) is 105 Å². The number of fused-ring (bicyclic) bond motifs is 1. The SMILES string of the molecule is CCCCCc1ccc(-c2cc3ccc(OCCCCC(O)COC(=O)C(CC(C)(C)N)C(C)(C)C)cc3o2)cc1. The molecule has 0 saturated carbocycles. The molecule has 0 saturated heterocycles. The van der Waals surface area contributed by atoms with E-state index in [1.54, 1.807) is 0 Å². The van der Waals surface area contributed by atoms with E-state index in [0.29, 0.717) is 19.4 Å². The standard InChI is InChI=1S/C35H51NO5/c1-7-8-9-12-25-14-16-26(17-15-25)31-21-27-18-19-29(22-32(27)41-31)39-20-11-10-13-28(37)24-40-33(38)30(34(2,3)4)23-35(5,6)36/h14-19,21-22,28,30,37H,7-13,20,23-24,36H2,1-6H3. The van der Waals surface area contributed by atoms with Gasteiger partial charge in [-0.3, -0.25) is 4.79 Å². The van der Waals surface area contributed by atoms with Crippen molar-refractivity contribution in [3.63, 3.8) is 0 Å². The largest absolute Gasteiger partial charge is 0.493 e. The Labute approximate surface area is 246 Å². The van der Waals surface area contributed by atoms with Gasteiger partial charge in [0.25, 0.3) is 0 Å². The number of benzene rings is 2. The van der Waals surface area contributed by atoms with Crippen LogP contribution in [0.4, 0.5) is 0 Å². The molecule has 0 radical (unpaired) electrons. The minimum Gasteiger partial charge on any atom is -0.493 e. The third-order valence-electron chi connectivity index (χ3n) is 7.48.